The number of benzene rings is 1. The van der Waals surface area contributed by atoms with Gasteiger partial charge < -0.3 is 10.5 Å². The van der Waals surface area contributed by atoms with E-state index in [4.69, 9.17) is 10.5 Å². The van der Waals surface area contributed by atoms with Gasteiger partial charge in [0, 0.05) is 0 Å². The van der Waals surface area contributed by atoms with Crippen LogP contribution in [0.3, 0.4) is 0 Å². The van der Waals surface area contributed by atoms with Crippen LogP contribution in [0.25, 0.3) is 0 Å². The molecule has 3 unspecified atom stereocenters. The lowest BCUT2D eigenvalue weighted by Crippen LogP contribution is -2.26. The van der Waals surface area contributed by atoms with E-state index >= 15 is 0 Å². The van der Waals surface area contributed by atoms with Crippen molar-refractivity contribution in [3.05, 3.63) is 35.4 Å². The average molecular weight is 205 g/mol. The normalized spacial score (nSPS) is 27.9. The average Bonchev–Trinajstić information content (AvgIpc) is 2.65. The van der Waals surface area contributed by atoms with Gasteiger partial charge in [-0.15, -0.1) is 0 Å². The predicted octanol–water partition coefficient (Wildman–Crippen LogP) is 2.56. The van der Waals surface area contributed by atoms with Gasteiger partial charge in [0.2, 0.25) is 0 Å². The van der Waals surface area contributed by atoms with Crippen molar-refractivity contribution in [1.29, 1.82) is 0 Å². The lowest BCUT2D eigenvalue weighted by Gasteiger charge is -2.21. The van der Waals surface area contributed by atoms with Crippen molar-refractivity contribution in [1.82, 2.24) is 0 Å². The quantitative estimate of drug-likeness (QED) is 0.805. The Morgan fingerprint density at radius 2 is 2.07 bits per heavy atom. The lowest BCUT2D eigenvalue weighted by molar-refractivity contribution is 0.0400. The van der Waals surface area contributed by atoms with Gasteiger partial charge in [0.1, 0.15) is 0 Å². The molecule has 0 spiro atoms. The zero-order chi connectivity index (χ0) is 10.8. The number of ether oxygens (including phenoxy) is 1. The highest BCUT2D eigenvalue weighted by Crippen LogP contribution is 2.29. The molecule has 1 heterocycles. The van der Waals surface area contributed by atoms with Gasteiger partial charge in [0.05, 0.1) is 18.2 Å². The molecule has 1 aliphatic heterocycles. The van der Waals surface area contributed by atoms with Crippen molar-refractivity contribution in [2.24, 2.45) is 5.73 Å². The van der Waals surface area contributed by atoms with Gasteiger partial charge in [0.15, 0.2) is 0 Å². The van der Waals surface area contributed by atoms with Crippen LogP contribution in [0.5, 0.6) is 0 Å². The van der Waals surface area contributed by atoms with Crippen molar-refractivity contribution < 1.29 is 4.74 Å². The maximum absolute atomic E-state index is 6.24. The number of aryl methyl sites for hydroxylation is 1. The van der Waals surface area contributed by atoms with E-state index < -0.39 is 0 Å². The molecule has 0 bridgehead atoms. The van der Waals surface area contributed by atoms with E-state index in [1.165, 1.54) is 11.1 Å². The van der Waals surface area contributed by atoms with Crippen molar-refractivity contribution in [3.8, 4) is 0 Å². The van der Waals surface area contributed by atoms with E-state index in [9.17, 15) is 0 Å². The second kappa shape index (κ2) is 4.33. The Bertz CT molecular complexity index is 337. The van der Waals surface area contributed by atoms with Crippen LogP contribution in [-0.2, 0) is 4.74 Å². The maximum atomic E-state index is 6.24. The summed E-state index contributed by atoms with van der Waals surface area (Å²) < 4.78 is 5.81. The number of hydrogen-bond donors (Lipinski definition) is 1. The van der Waals surface area contributed by atoms with E-state index in [1.807, 2.05) is 12.1 Å². The summed E-state index contributed by atoms with van der Waals surface area (Å²) in [6.07, 6.45) is 2.77. The van der Waals surface area contributed by atoms with Gasteiger partial charge in [-0.25, -0.2) is 0 Å². The zero-order valence-corrected chi connectivity index (χ0v) is 9.44. The summed E-state index contributed by atoms with van der Waals surface area (Å²) in [6.45, 7) is 4.22. The molecule has 1 aliphatic rings. The van der Waals surface area contributed by atoms with E-state index in [0.29, 0.717) is 6.10 Å². The van der Waals surface area contributed by atoms with Crippen molar-refractivity contribution in [3.63, 3.8) is 0 Å². The van der Waals surface area contributed by atoms with Crippen LogP contribution in [0.15, 0.2) is 24.3 Å². The third kappa shape index (κ3) is 2.21. The monoisotopic (exact) mass is 205 g/mol. The Morgan fingerprint density at radius 3 is 2.67 bits per heavy atom. The first kappa shape index (κ1) is 10.7. The van der Waals surface area contributed by atoms with Crippen LogP contribution in [0, 0.1) is 6.92 Å². The van der Waals surface area contributed by atoms with Gasteiger partial charge in [-0.2, -0.15) is 0 Å². The summed E-state index contributed by atoms with van der Waals surface area (Å²) >= 11 is 0. The Hall–Kier alpha value is -0.860. The minimum absolute atomic E-state index is 0.0242. The molecule has 0 aromatic heterocycles. The molecular weight excluding hydrogens is 186 g/mol. The minimum atomic E-state index is 0.0242. The SMILES string of the molecule is Cc1ccccc1C(N)C1CCC(C)O1. The van der Waals surface area contributed by atoms with Gasteiger partial charge in [-0.05, 0) is 37.8 Å². The fourth-order valence-corrected chi connectivity index (χ4v) is 2.26. The van der Waals surface area contributed by atoms with Crippen LogP contribution in [-0.4, -0.2) is 12.2 Å². The van der Waals surface area contributed by atoms with Crippen LogP contribution < -0.4 is 5.73 Å². The molecule has 0 saturated carbocycles. The first-order chi connectivity index (χ1) is 7.18. The van der Waals surface area contributed by atoms with Crippen LogP contribution in [0.2, 0.25) is 0 Å². The molecule has 3 atom stereocenters. The number of nitrogens with two attached hydrogens (primary N) is 1. The molecule has 1 saturated heterocycles. The Morgan fingerprint density at radius 1 is 1.33 bits per heavy atom. The highest BCUT2D eigenvalue weighted by molar-refractivity contribution is 5.29. The Balaban J connectivity index is 2.14. The summed E-state index contributed by atoms with van der Waals surface area (Å²) in [5.74, 6) is 0. The third-order valence-electron chi connectivity index (χ3n) is 3.21. The Kier molecular flexibility index (Phi) is 3.08. The first-order valence-corrected chi connectivity index (χ1v) is 5.65. The molecule has 1 aromatic rings. The zero-order valence-electron chi connectivity index (χ0n) is 9.44. The second-order valence-corrected chi connectivity index (χ2v) is 4.44. The van der Waals surface area contributed by atoms with E-state index in [1.54, 1.807) is 0 Å². The van der Waals surface area contributed by atoms with E-state index in [-0.39, 0.29) is 12.1 Å². The van der Waals surface area contributed by atoms with Crippen molar-refractivity contribution in [2.75, 3.05) is 0 Å². The highest BCUT2D eigenvalue weighted by atomic mass is 16.5. The number of rotatable bonds is 2. The molecular formula is C13H19NO. The molecule has 0 radical (unpaired) electrons. The lowest BCUT2D eigenvalue weighted by atomic mass is 9.96. The Labute approximate surface area is 91.4 Å². The standard InChI is InChI=1S/C13H19NO/c1-9-5-3-4-6-11(9)13(14)12-8-7-10(2)15-12/h3-6,10,12-13H,7-8,14H2,1-2H3. The summed E-state index contributed by atoms with van der Waals surface area (Å²) in [4.78, 5) is 0. The minimum Gasteiger partial charge on any atom is -0.373 e. The van der Waals surface area contributed by atoms with Gasteiger partial charge >= 0.3 is 0 Å². The topological polar surface area (TPSA) is 35.2 Å². The predicted molar refractivity (Wildman–Crippen MR) is 61.7 cm³/mol. The molecule has 2 rings (SSSR count). The molecule has 1 fully saturated rings. The molecule has 0 aliphatic carbocycles. The van der Waals surface area contributed by atoms with E-state index in [2.05, 4.69) is 26.0 Å². The smallest absolute Gasteiger partial charge is 0.0772 e. The third-order valence-corrected chi connectivity index (χ3v) is 3.21. The fourth-order valence-electron chi connectivity index (χ4n) is 2.26. The summed E-state index contributed by atoms with van der Waals surface area (Å²) in [5, 5.41) is 0. The number of hydrogen-bond acceptors (Lipinski definition) is 2. The summed E-state index contributed by atoms with van der Waals surface area (Å²) in [5.41, 5.74) is 8.71. The van der Waals surface area contributed by atoms with Crippen molar-refractivity contribution in [2.45, 2.75) is 44.9 Å². The van der Waals surface area contributed by atoms with E-state index in [0.717, 1.165) is 12.8 Å². The van der Waals surface area contributed by atoms with Crippen LogP contribution >= 0.6 is 0 Å². The molecule has 2 heteroatoms. The molecule has 2 nitrogen and oxygen atoms in total. The largest absolute Gasteiger partial charge is 0.373 e. The van der Waals surface area contributed by atoms with Gasteiger partial charge in [-0.3, -0.25) is 0 Å². The first-order valence-electron chi connectivity index (χ1n) is 5.65. The maximum Gasteiger partial charge on any atom is 0.0772 e. The molecule has 15 heavy (non-hydrogen) atoms. The van der Waals surface area contributed by atoms with Crippen LogP contribution in [0.1, 0.15) is 36.9 Å². The van der Waals surface area contributed by atoms with Gasteiger partial charge in [-0.1, -0.05) is 24.3 Å². The second-order valence-electron chi connectivity index (χ2n) is 4.44. The molecule has 2 N–H and O–H groups in total. The molecule has 0 amide bonds. The summed E-state index contributed by atoms with van der Waals surface area (Å²) in [6, 6.07) is 8.32. The molecule has 82 valence electrons. The van der Waals surface area contributed by atoms with Crippen LogP contribution in [0.4, 0.5) is 0 Å². The fraction of sp³-hybridized carbons (Fsp3) is 0.538. The van der Waals surface area contributed by atoms with Crippen molar-refractivity contribution >= 4 is 0 Å². The molecule has 1 aromatic carbocycles. The highest BCUT2D eigenvalue weighted by Gasteiger charge is 2.28. The summed E-state index contributed by atoms with van der Waals surface area (Å²) in [7, 11) is 0. The van der Waals surface area contributed by atoms with Gasteiger partial charge in [0.25, 0.3) is 0 Å².